The van der Waals surface area contributed by atoms with Crippen LogP contribution in [0.2, 0.25) is 0 Å². The second kappa shape index (κ2) is 4.52. The molecular weight excluding hydrogens is 212 g/mol. The monoisotopic (exact) mass is 233 g/mol. The molecule has 0 atom stereocenters. The summed E-state index contributed by atoms with van der Waals surface area (Å²) in [7, 11) is 0. The SMILES string of the molecule is CCC(C)(C)c1c(C)cc(C)c(C(=O)[O-])c1C. The highest BCUT2D eigenvalue weighted by Crippen LogP contribution is 2.34. The van der Waals surface area contributed by atoms with Crippen LogP contribution in [0.25, 0.3) is 0 Å². The van der Waals surface area contributed by atoms with E-state index in [-0.39, 0.29) is 5.41 Å². The van der Waals surface area contributed by atoms with Crippen molar-refractivity contribution in [3.8, 4) is 0 Å². The smallest absolute Gasteiger partial charge is 0.0720 e. The maximum atomic E-state index is 11.2. The van der Waals surface area contributed by atoms with E-state index in [9.17, 15) is 9.90 Å². The van der Waals surface area contributed by atoms with Gasteiger partial charge in [0, 0.05) is 5.56 Å². The summed E-state index contributed by atoms with van der Waals surface area (Å²) < 4.78 is 0. The lowest BCUT2D eigenvalue weighted by molar-refractivity contribution is -0.255. The van der Waals surface area contributed by atoms with E-state index in [1.54, 1.807) is 0 Å². The minimum absolute atomic E-state index is 0.00787. The molecule has 0 saturated carbocycles. The zero-order valence-electron chi connectivity index (χ0n) is 11.6. The van der Waals surface area contributed by atoms with Crippen molar-refractivity contribution in [3.63, 3.8) is 0 Å². The van der Waals surface area contributed by atoms with Gasteiger partial charge in [0.15, 0.2) is 0 Å². The molecule has 1 rings (SSSR count). The maximum absolute atomic E-state index is 11.2. The van der Waals surface area contributed by atoms with Crippen LogP contribution in [0.15, 0.2) is 6.07 Å². The van der Waals surface area contributed by atoms with E-state index in [4.69, 9.17) is 0 Å². The lowest BCUT2D eigenvalue weighted by Crippen LogP contribution is -2.27. The Morgan fingerprint density at radius 3 is 2.18 bits per heavy atom. The molecule has 0 radical (unpaired) electrons. The van der Waals surface area contributed by atoms with Gasteiger partial charge < -0.3 is 9.90 Å². The van der Waals surface area contributed by atoms with E-state index in [1.807, 2.05) is 26.8 Å². The molecule has 0 N–H and O–H groups in total. The molecule has 0 fully saturated rings. The lowest BCUT2D eigenvalue weighted by Gasteiger charge is -2.30. The van der Waals surface area contributed by atoms with Gasteiger partial charge in [-0.25, -0.2) is 0 Å². The van der Waals surface area contributed by atoms with Gasteiger partial charge in [0.2, 0.25) is 0 Å². The van der Waals surface area contributed by atoms with E-state index in [0.717, 1.165) is 28.7 Å². The highest BCUT2D eigenvalue weighted by Gasteiger charge is 2.24. The van der Waals surface area contributed by atoms with Crippen molar-refractivity contribution in [2.24, 2.45) is 0 Å². The molecule has 0 amide bonds. The van der Waals surface area contributed by atoms with E-state index in [0.29, 0.717) is 5.56 Å². The normalized spacial score (nSPS) is 11.6. The van der Waals surface area contributed by atoms with Crippen LogP contribution in [0.1, 0.15) is 59.8 Å². The van der Waals surface area contributed by atoms with Gasteiger partial charge in [-0.1, -0.05) is 26.8 Å². The Bertz CT molecular complexity index is 456. The van der Waals surface area contributed by atoms with Crippen LogP contribution in [-0.2, 0) is 5.41 Å². The number of carbonyl (C=O) groups is 1. The Kier molecular flexibility index (Phi) is 3.65. The van der Waals surface area contributed by atoms with E-state index in [1.165, 1.54) is 0 Å². The summed E-state index contributed by atoms with van der Waals surface area (Å²) in [6, 6.07) is 1.95. The van der Waals surface area contributed by atoms with Gasteiger partial charge in [-0.15, -0.1) is 0 Å². The van der Waals surface area contributed by atoms with Crippen molar-refractivity contribution in [1.29, 1.82) is 0 Å². The largest absolute Gasteiger partial charge is 0.545 e. The number of rotatable bonds is 3. The van der Waals surface area contributed by atoms with Crippen molar-refractivity contribution in [2.45, 2.75) is 53.4 Å². The van der Waals surface area contributed by atoms with Crippen LogP contribution in [0.5, 0.6) is 0 Å². The summed E-state index contributed by atoms with van der Waals surface area (Å²) in [6.45, 7) is 12.2. The highest BCUT2D eigenvalue weighted by atomic mass is 16.4. The maximum Gasteiger partial charge on any atom is 0.0720 e. The van der Waals surface area contributed by atoms with Crippen LogP contribution in [-0.4, -0.2) is 5.97 Å². The van der Waals surface area contributed by atoms with Gasteiger partial charge in [0.05, 0.1) is 5.97 Å². The molecule has 0 aliphatic rings. The first-order chi connectivity index (χ1) is 7.72. The Morgan fingerprint density at radius 2 is 1.76 bits per heavy atom. The molecule has 0 bridgehead atoms. The molecule has 0 unspecified atom stereocenters. The third-order valence-electron chi connectivity index (χ3n) is 3.74. The van der Waals surface area contributed by atoms with E-state index in [2.05, 4.69) is 20.8 Å². The van der Waals surface area contributed by atoms with Crippen LogP contribution < -0.4 is 5.11 Å². The molecule has 0 heterocycles. The fourth-order valence-corrected chi connectivity index (χ4v) is 2.72. The molecule has 0 saturated heterocycles. The molecule has 2 nitrogen and oxygen atoms in total. The molecule has 0 aliphatic carbocycles. The van der Waals surface area contributed by atoms with Gasteiger partial charge in [0.1, 0.15) is 0 Å². The number of carboxylic acids is 1. The molecule has 94 valence electrons. The first kappa shape index (κ1) is 13.8. The van der Waals surface area contributed by atoms with Crippen molar-refractivity contribution in [2.75, 3.05) is 0 Å². The first-order valence-electron chi connectivity index (χ1n) is 6.05. The Balaban J connectivity index is 3.63. The molecule has 0 spiro atoms. The average molecular weight is 233 g/mol. The number of aryl methyl sites for hydroxylation is 2. The topological polar surface area (TPSA) is 40.1 Å². The number of hydrogen-bond donors (Lipinski definition) is 0. The van der Waals surface area contributed by atoms with Crippen LogP contribution in [0.3, 0.4) is 0 Å². The third kappa shape index (κ3) is 2.36. The summed E-state index contributed by atoms with van der Waals surface area (Å²) in [6.07, 6.45) is 0.976. The van der Waals surface area contributed by atoms with Gasteiger partial charge >= 0.3 is 0 Å². The number of benzene rings is 1. The van der Waals surface area contributed by atoms with Crippen molar-refractivity contribution in [1.82, 2.24) is 0 Å². The Labute approximate surface area is 104 Å². The predicted octanol–water partition coefficient (Wildman–Crippen LogP) is 2.66. The van der Waals surface area contributed by atoms with Crippen molar-refractivity contribution >= 4 is 5.97 Å². The highest BCUT2D eigenvalue weighted by molar-refractivity contribution is 5.90. The molecule has 1 aromatic carbocycles. The standard InChI is InChI=1S/C15H22O2/c1-7-15(5,6)13-10(3)8-9(2)12(11(13)4)14(16)17/h8H,7H2,1-6H3,(H,16,17)/p-1. The lowest BCUT2D eigenvalue weighted by atomic mass is 9.75. The van der Waals surface area contributed by atoms with Crippen molar-refractivity contribution < 1.29 is 9.90 Å². The van der Waals surface area contributed by atoms with Gasteiger partial charge in [0.25, 0.3) is 0 Å². The fraction of sp³-hybridized carbons (Fsp3) is 0.533. The minimum Gasteiger partial charge on any atom is -0.545 e. The van der Waals surface area contributed by atoms with Gasteiger partial charge in [-0.3, -0.25) is 0 Å². The molecular formula is C15H21O2-. The summed E-state index contributed by atoms with van der Waals surface area (Å²) in [5.74, 6) is -1.08. The number of carboxylic acid groups (broad SMARTS) is 1. The number of hydrogen-bond acceptors (Lipinski definition) is 2. The molecule has 0 aromatic heterocycles. The summed E-state index contributed by atoms with van der Waals surface area (Å²) in [5.41, 5.74) is 4.30. The second-order valence-corrected chi connectivity index (χ2v) is 5.41. The fourth-order valence-electron chi connectivity index (χ4n) is 2.72. The molecule has 1 aromatic rings. The molecule has 2 heteroatoms. The van der Waals surface area contributed by atoms with Crippen LogP contribution in [0, 0.1) is 20.8 Å². The summed E-state index contributed by atoms with van der Waals surface area (Å²) >= 11 is 0. The Hall–Kier alpha value is -1.31. The Morgan fingerprint density at radius 1 is 1.24 bits per heavy atom. The zero-order chi connectivity index (χ0) is 13.4. The average Bonchev–Trinajstić information content (AvgIpc) is 2.15. The summed E-state index contributed by atoms with van der Waals surface area (Å²) in [4.78, 5) is 11.2. The quantitative estimate of drug-likeness (QED) is 0.805. The second-order valence-electron chi connectivity index (χ2n) is 5.41. The van der Waals surface area contributed by atoms with Crippen molar-refractivity contribution in [3.05, 3.63) is 33.9 Å². The van der Waals surface area contributed by atoms with Gasteiger partial charge in [-0.05, 0) is 54.9 Å². The van der Waals surface area contributed by atoms with Crippen LogP contribution >= 0.6 is 0 Å². The minimum atomic E-state index is -1.08. The molecule has 17 heavy (non-hydrogen) atoms. The third-order valence-corrected chi connectivity index (χ3v) is 3.74. The van der Waals surface area contributed by atoms with Crippen LogP contribution in [0.4, 0.5) is 0 Å². The van der Waals surface area contributed by atoms with E-state index < -0.39 is 5.97 Å². The number of carbonyl (C=O) groups excluding carboxylic acids is 1. The van der Waals surface area contributed by atoms with E-state index >= 15 is 0 Å². The molecule has 0 aliphatic heterocycles. The summed E-state index contributed by atoms with van der Waals surface area (Å²) in [5, 5.41) is 11.2. The first-order valence-corrected chi connectivity index (χ1v) is 6.05. The zero-order valence-corrected chi connectivity index (χ0v) is 11.6. The van der Waals surface area contributed by atoms with Gasteiger partial charge in [-0.2, -0.15) is 0 Å². The number of aromatic carboxylic acids is 1. The predicted molar refractivity (Wildman–Crippen MR) is 68.3 cm³/mol.